The van der Waals surface area contributed by atoms with E-state index in [4.69, 9.17) is 0 Å². The number of rotatable bonds is 5. The van der Waals surface area contributed by atoms with Crippen molar-refractivity contribution in [3.05, 3.63) is 16.0 Å². The first-order valence-corrected chi connectivity index (χ1v) is 11.2. The maximum Gasteiger partial charge on any atom is 0.239 e. The molecule has 5 heteroatoms. The van der Waals surface area contributed by atoms with E-state index >= 15 is 0 Å². The number of piperidine rings is 1. The molecule has 1 aliphatic carbocycles. The molecule has 0 aromatic carbocycles. The van der Waals surface area contributed by atoms with Crippen LogP contribution in [-0.4, -0.2) is 30.4 Å². The number of carbonyl (C=O) groups is 1. The van der Waals surface area contributed by atoms with E-state index < -0.39 is 0 Å². The van der Waals surface area contributed by atoms with Crippen molar-refractivity contribution in [2.75, 3.05) is 25.0 Å². The largest absolute Gasteiger partial charge is 0.315 e. The molecule has 148 valence electrons. The molecule has 1 saturated heterocycles. The van der Waals surface area contributed by atoms with E-state index in [-0.39, 0.29) is 5.91 Å². The van der Waals surface area contributed by atoms with E-state index in [1.165, 1.54) is 29.7 Å². The summed E-state index contributed by atoms with van der Waals surface area (Å²) < 4.78 is 0. The van der Waals surface area contributed by atoms with Gasteiger partial charge in [0.15, 0.2) is 0 Å². The van der Waals surface area contributed by atoms with E-state index in [1.54, 1.807) is 11.3 Å². The van der Waals surface area contributed by atoms with Gasteiger partial charge in [-0.1, -0.05) is 34.1 Å². The lowest BCUT2D eigenvalue weighted by molar-refractivity contribution is -0.117. The Kier molecular flexibility index (Phi) is 6.28. The fourth-order valence-corrected chi connectivity index (χ4v) is 5.84. The first-order chi connectivity index (χ1) is 12.8. The standard InChI is InChI=1S/C22H33N3OS/c1-5-22(3,4)16-8-9-17-18(12-23)21(27-19(17)11-16)24-20(26)14-25-10-6-7-15(2)13-25/h15-16H,5-11,13-14H2,1-4H3,(H,24,26). The molecule has 1 N–H and O–H groups in total. The Morgan fingerprint density at radius 1 is 1.41 bits per heavy atom. The summed E-state index contributed by atoms with van der Waals surface area (Å²) in [7, 11) is 0. The van der Waals surface area contributed by atoms with Gasteiger partial charge < -0.3 is 5.32 Å². The van der Waals surface area contributed by atoms with Crippen LogP contribution in [0.15, 0.2) is 0 Å². The van der Waals surface area contributed by atoms with Gasteiger partial charge in [0.05, 0.1) is 12.1 Å². The molecule has 3 rings (SSSR count). The van der Waals surface area contributed by atoms with Crippen molar-refractivity contribution >= 4 is 22.2 Å². The molecule has 0 bridgehead atoms. The third-order valence-electron chi connectivity index (χ3n) is 6.75. The highest BCUT2D eigenvalue weighted by Gasteiger charge is 2.34. The molecule has 4 nitrogen and oxygen atoms in total. The minimum atomic E-state index is 0.0182. The second-order valence-corrected chi connectivity index (χ2v) is 10.2. The predicted molar refractivity (Wildman–Crippen MR) is 112 cm³/mol. The molecule has 0 radical (unpaired) electrons. The van der Waals surface area contributed by atoms with Crippen LogP contribution in [-0.2, 0) is 17.6 Å². The molecule has 1 fully saturated rings. The van der Waals surface area contributed by atoms with Crippen LogP contribution in [0.3, 0.4) is 0 Å². The molecule has 0 spiro atoms. The molecule has 2 heterocycles. The zero-order chi connectivity index (χ0) is 19.6. The van der Waals surface area contributed by atoms with Crippen LogP contribution < -0.4 is 5.32 Å². The number of amides is 1. The van der Waals surface area contributed by atoms with E-state index in [0.717, 1.165) is 37.4 Å². The summed E-state index contributed by atoms with van der Waals surface area (Å²) in [5, 5.41) is 13.5. The highest BCUT2D eigenvalue weighted by Crippen LogP contribution is 2.45. The van der Waals surface area contributed by atoms with Crippen molar-refractivity contribution in [3.63, 3.8) is 0 Å². The summed E-state index contributed by atoms with van der Waals surface area (Å²) >= 11 is 1.63. The lowest BCUT2D eigenvalue weighted by Gasteiger charge is -2.36. The van der Waals surface area contributed by atoms with Crippen molar-refractivity contribution in [1.82, 2.24) is 4.90 Å². The molecule has 1 aromatic heterocycles. The van der Waals surface area contributed by atoms with Gasteiger partial charge in [0, 0.05) is 11.4 Å². The average molecular weight is 388 g/mol. The molecule has 1 amide bonds. The van der Waals surface area contributed by atoms with Crippen LogP contribution in [0, 0.1) is 28.6 Å². The number of fused-ring (bicyclic) bond motifs is 1. The van der Waals surface area contributed by atoms with E-state index in [9.17, 15) is 10.1 Å². The molecule has 2 unspecified atom stereocenters. The highest BCUT2D eigenvalue weighted by atomic mass is 32.1. The van der Waals surface area contributed by atoms with Crippen molar-refractivity contribution < 1.29 is 4.79 Å². The zero-order valence-corrected chi connectivity index (χ0v) is 18.0. The first-order valence-electron chi connectivity index (χ1n) is 10.4. The molecule has 1 aliphatic heterocycles. The Balaban J connectivity index is 1.70. The number of hydrogen-bond acceptors (Lipinski definition) is 4. The Labute approximate surface area is 167 Å². The molecule has 2 atom stereocenters. The number of likely N-dealkylation sites (tertiary alicyclic amines) is 1. The van der Waals surface area contributed by atoms with Gasteiger partial charge in [-0.15, -0.1) is 11.3 Å². The zero-order valence-electron chi connectivity index (χ0n) is 17.2. The predicted octanol–water partition coefficient (Wildman–Crippen LogP) is 4.83. The van der Waals surface area contributed by atoms with Gasteiger partial charge in [-0.25, -0.2) is 0 Å². The van der Waals surface area contributed by atoms with Gasteiger partial charge in [-0.3, -0.25) is 9.69 Å². The lowest BCUT2D eigenvalue weighted by Crippen LogP contribution is -2.39. The van der Waals surface area contributed by atoms with Crippen molar-refractivity contribution in [2.45, 2.75) is 66.2 Å². The van der Waals surface area contributed by atoms with E-state index in [0.29, 0.717) is 29.4 Å². The molecule has 2 aliphatic rings. The second kappa shape index (κ2) is 8.32. The SMILES string of the molecule is CCC(C)(C)C1CCc2c(sc(NC(=O)CN3CCCC(C)C3)c2C#N)C1. The number of nitrogens with zero attached hydrogens (tertiary/aromatic N) is 2. The number of hydrogen-bond donors (Lipinski definition) is 1. The van der Waals surface area contributed by atoms with Crippen molar-refractivity contribution in [2.24, 2.45) is 17.3 Å². The molecule has 1 aromatic rings. The molecule has 27 heavy (non-hydrogen) atoms. The van der Waals surface area contributed by atoms with E-state index in [1.807, 2.05) is 0 Å². The molecule has 0 saturated carbocycles. The number of nitrogens with one attached hydrogen (secondary N) is 1. The summed E-state index contributed by atoms with van der Waals surface area (Å²) in [5.74, 6) is 1.33. The van der Waals surface area contributed by atoms with Gasteiger partial charge in [0.25, 0.3) is 0 Å². The average Bonchev–Trinajstić information content (AvgIpc) is 2.97. The summed E-state index contributed by atoms with van der Waals surface area (Å²) in [6.07, 6.45) is 6.72. The van der Waals surface area contributed by atoms with Crippen LogP contribution in [0.2, 0.25) is 0 Å². The third-order valence-corrected chi connectivity index (χ3v) is 7.92. The smallest absolute Gasteiger partial charge is 0.239 e. The lowest BCUT2D eigenvalue weighted by atomic mass is 9.69. The maximum atomic E-state index is 12.6. The number of carbonyl (C=O) groups excluding carboxylic acids is 1. The van der Waals surface area contributed by atoms with Gasteiger partial charge in [0.2, 0.25) is 5.91 Å². The number of thiophene rings is 1. The monoisotopic (exact) mass is 387 g/mol. The summed E-state index contributed by atoms with van der Waals surface area (Å²) in [5.41, 5.74) is 2.22. The Bertz CT molecular complexity index is 731. The quantitative estimate of drug-likeness (QED) is 0.787. The fraction of sp³-hybridized carbons (Fsp3) is 0.727. The topological polar surface area (TPSA) is 56.1 Å². The third kappa shape index (κ3) is 4.55. The Hall–Kier alpha value is -1.38. The maximum absolute atomic E-state index is 12.6. The van der Waals surface area contributed by atoms with Crippen molar-refractivity contribution in [3.8, 4) is 6.07 Å². The Morgan fingerprint density at radius 2 is 2.19 bits per heavy atom. The van der Waals surface area contributed by atoms with Gasteiger partial charge in [-0.2, -0.15) is 5.26 Å². The van der Waals surface area contributed by atoms with Crippen LogP contribution in [0.5, 0.6) is 0 Å². The minimum Gasteiger partial charge on any atom is -0.315 e. The molecular weight excluding hydrogens is 354 g/mol. The second-order valence-electron chi connectivity index (χ2n) is 9.13. The summed E-state index contributed by atoms with van der Waals surface area (Å²) in [4.78, 5) is 16.1. The summed E-state index contributed by atoms with van der Waals surface area (Å²) in [6.45, 7) is 11.6. The van der Waals surface area contributed by atoms with Gasteiger partial charge in [-0.05, 0) is 61.5 Å². The van der Waals surface area contributed by atoms with Crippen LogP contribution in [0.1, 0.15) is 69.4 Å². The summed E-state index contributed by atoms with van der Waals surface area (Å²) in [6, 6.07) is 2.37. The fourth-order valence-electron chi connectivity index (χ4n) is 4.55. The van der Waals surface area contributed by atoms with Crippen molar-refractivity contribution in [1.29, 1.82) is 5.26 Å². The van der Waals surface area contributed by atoms with Gasteiger partial charge in [0.1, 0.15) is 11.1 Å². The number of nitriles is 1. The van der Waals surface area contributed by atoms with Crippen LogP contribution in [0.25, 0.3) is 0 Å². The Morgan fingerprint density at radius 3 is 2.85 bits per heavy atom. The molecular formula is C22H33N3OS. The normalized spacial score (nSPS) is 23.5. The number of anilines is 1. The van der Waals surface area contributed by atoms with Gasteiger partial charge >= 0.3 is 0 Å². The highest BCUT2D eigenvalue weighted by molar-refractivity contribution is 7.16. The first kappa shape index (κ1) is 20.4. The van der Waals surface area contributed by atoms with Crippen LogP contribution in [0.4, 0.5) is 5.00 Å². The van der Waals surface area contributed by atoms with Crippen LogP contribution >= 0.6 is 11.3 Å². The van der Waals surface area contributed by atoms with E-state index in [2.05, 4.69) is 44.0 Å². The minimum absolute atomic E-state index is 0.0182.